The van der Waals surface area contributed by atoms with E-state index >= 15 is 0 Å². The van der Waals surface area contributed by atoms with Crippen molar-refractivity contribution in [2.24, 2.45) is 0 Å². The molecule has 4 rings (SSSR count). The van der Waals surface area contributed by atoms with Gasteiger partial charge in [0.05, 0.1) is 13.2 Å². The van der Waals surface area contributed by atoms with E-state index in [-0.39, 0.29) is 0 Å². The van der Waals surface area contributed by atoms with Crippen LogP contribution in [0, 0.1) is 0 Å². The molecule has 0 bridgehead atoms. The zero-order valence-corrected chi connectivity index (χ0v) is 13.4. The Hall–Kier alpha value is -1.95. The van der Waals surface area contributed by atoms with Crippen molar-refractivity contribution in [2.45, 2.75) is 6.54 Å². The first-order chi connectivity index (χ1) is 11.3. The molecule has 0 unspecified atom stereocenters. The van der Waals surface area contributed by atoms with Gasteiger partial charge in [-0.1, -0.05) is 17.7 Å². The minimum atomic E-state index is 0.782. The normalized spacial score (nSPS) is 16.0. The summed E-state index contributed by atoms with van der Waals surface area (Å²) in [5.41, 5.74) is 3.04. The first-order valence-electron chi connectivity index (χ1n) is 7.67. The van der Waals surface area contributed by atoms with Crippen LogP contribution < -0.4 is 0 Å². The Morgan fingerprint density at radius 2 is 2.04 bits per heavy atom. The maximum atomic E-state index is 6.51. The Labute approximate surface area is 139 Å². The van der Waals surface area contributed by atoms with Crippen LogP contribution in [0.1, 0.15) is 5.56 Å². The summed E-state index contributed by atoms with van der Waals surface area (Å²) in [5, 5.41) is 1.80. The van der Waals surface area contributed by atoms with Gasteiger partial charge in [-0.15, -0.1) is 0 Å². The van der Waals surface area contributed by atoms with Gasteiger partial charge in [0.2, 0.25) is 0 Å². The molecule has 0 aliphatic carbocycles. The number of benzene rings is 1. The van der Waals surface area contributed by atoms with Gasteiger partial charge in [0.25, 0.3) is 0 Å². The zero-order chi connectivity index (χ0) is 15.6. The Kier molecular flexibility index (Phi) is 3.99. The van der Waals surface area contributed by atoms with Gasteiger partial charge in [0.1, 0.15) is 12.0 Å². The van der Waals surface area contributed by atoms with E-state index in [4.69, 9.17) is 16.3 Å². The maximum Gasteiger partial charge on any atom is 0.147 e. The second kappa shape index (κ2) is 6.28. The van der Waals surface area contributed by atoms with Gasteiger partial charge in [0.15, 0.2) is 0 Å². The molecule has 1 aliphatic heterocycles. The predicted octanol–water partition coefficient (Wildman–Crippen LogP) is 2.91. The van der Waals surface area contributed by atoms with E-state index in [0.29, 0.717) is 0 Å². The molecule has 3 aromatic rings. The number of rotatable bonds is 3. The minimum absolute atomic E-state index is 0.782. The highest BCUT2D eigenvalue weighted by molar-refractivity contribution is 6.31. The molecule has 1 aliphatic rings. The Morgan fingerprint density at radius 1 is 1.17 bits per heavy atom. The van der Waals surface area contributed by atoms with E-state index < -0.39 is 0 Å². The van der Waals surface area contributed by atoms with Crippen molar-refractivity contribution >= 4 is 22.6 Å². The van der Waals surface area contributed by atoms with Gasteiger partial charge >= 0.3 is 0 Å². The second-order valence-corrected chi connectivity index (χ2v) is 6.06. The third-order valence-electron chi connectivity index (χ3n) is 4.16. The molecular formula is C17H17ClN4O. The molecule has 0 amide bonds. The van der Waals surface area contributed by atoms with Gasteiger partial charge in [-0.25, -0.2) is 9.97 Å². The van der Waals surface area contributed by atoms with E-state index in [2.05, 4.69) is 27.0 Å². The van der Waals surface area contributed by atoms with Crippen LogP contribution in [0.15, 0.2) is 43.0 Å². The first-order valence-corrected chi connectivity index (χ1v) is 8.05. The van der Waals surface area contributed by atoms with Crippen molar-refractivity contribution < 1.29 is 4.74 Å². The molecule has 0 N–H and O–H groups in total. The minimum Gasteiger partial charge on any atom is -0.379 e. The number of aromatic nitrogens is 3. The van der Waals surface area contributed by atoms with Gasteiger partial charge in [0, 0.05) is 48.1 Å². The van der Waals surface area contributed by atoms with Crippen molar-refractivity contribution in [2.75, 3.05) is 26.3 Å². The molecule has 1 fully saturated rings. The molecule has 0 spiro atoms. The first kappa shape index (κ1) is 14.6. The van der Waals surface area contributed by atoms with Gasteiger partial charge in [-0.3, -0.25) is 4.90 Å². The Morgan fingerprint density at radius 3 is 2.87 bits per heavy atom. The molecule has 6 heteroatoms. The highest BCUT2D eigenvalue weighted by Crippen LogP contribution is 2.24. The summed E-state index contributed by atoms with van der Waals surface area (Å²) >= 11 is 6.51. The van der Waals surface area contributed by atoms with Crippen LogP contribution in [0.3, 0.4) is 0 Å². The largest absolute Gasteiger partial charge is 0.379 e. The highest BCUT2D eigenvalue weighted by Gasteiger charge is 2.13. The number of hydrogen-bond donors (Lipinski definition) is 0. The summed E-state index contributed by atoms with van der Waals surface area (Å²) in [6.45, 7) is 4.36. The summed E-state index contributed by atoms with van der Waals surface area (Å²) in [6, 6.07) is 8.19. The molecule has 0 saturated carbocycles. The number of nitrogens with zero attached hydrogens (tertiary/aromatic N) is 4. The second-order valence-electron chi connectivity index (χ2n) is 5.65. The Bertz CT molecular complexity index is 826. The zero-order valence-electron chi connectivity index (χ0n) is 12.7. The number of morpholine rings is 1. The summed E-state index contributed by atoms with van der Waals surface area (Å²) in [7, 11) is 0. The average molecular weight is 329 g/mol. The fourth-order valence-electron chi connectivity index (χ4n) is 2.90. The monoisotopic (exact) mass is 328 g/mol. The lowest BCUT2D eigenvalue weighted by Crippen LogP contribution is -2.35. The van der Waals surface area contributed by atoms with Crippen LogP contribution >= 0.6 is 11.6 Å². The van der Waals surface area contributed by atoms with Crippen LogP contribution in [0.5, 0.6) is 0 Å². The fourth-order valence-corrected chi connectivity index (χ4v) is 3.14. The van der Waals surface area contributed by atoms with Crippen molar-refractivity contribution in [3.8, 4) is 5.69 Å². The fraction of sp³-hybridized carbons (Fsp3) is 0.294. The van der Waals surface area contributed by atoms with Gasteiger partial charge in [-0.05, 0) is 23.8 Å². The summed E-state index contributed by atoms with van der Waals surface area (Å²) in [6.07, 6.45) is 5.37. The summed E-state index contributed by atoms with van der Waals surface area (Å²) in [4.78, 5) is 10.8. The molecule has 1 saturated heterocycles. The standard InChI is InChI=1S/C17H17ClN4O/c18-16-9-15(22-4-3-13-10-19-12-20-17(13)22)2-1-14(16)11-21-5-7-23-8-6-21/h1-4,9-10,12H,5-8,11H2. The van der Waals surface area contributed by atoms with Crippen molar-refractivity contribution in [3.05, 3.63) is 53.6 Å². The lowest BCUT2D eigenvalue weighted by atomic mass is 10.2. The summed E-state index contributed by atoms with van der Waals surface area (Å²) < 4.78 is 7.42. The van der Waals surface area contributed by atoms with Crippen LogP contribution in [0.25, 0.3) is 16.7 Å². The lowest BCUT2D eigenvalue weighted by molar-refractivity contribution is 0.0342. The molecule has 3 heterocycles. The molecule has 0 atom stereocenters. The quantitative estimate of drug-likeness (QED) is 0.741. The molecule has 2 aromatic heterocycles. The van der Waals surface area contributed by atoms with Crippen molar-refractivity contribution in [3.63, 3.8) is 0 Å². The van der Waals surface area contributed by atoms with Crippen LogP contribution in [-0.4, -0.2) is 45.7 Å². The molecule has 23 heavy (non-hydrogen) atoms. The predicted molar refractivity (Wildman–Crippen MR) is 90.0 cm³/mol. The van der Waals surface area contributed by atoms with E-state index in [1.54, 1.807) is 6.33 Å². The SMILES string of the molecule is Clc1cc(-n2ccc3cncnc32)ccc1CN1CCOCC1. The number of hydrogen-bond acceptors (Lipinski definition) is 4. The molecule has 118 valence electrons. The molecule has 0 radical (unpaired) electrons. The number of ether oxygens (including phenoxy) is 1. The Balaban J connectivity index is 1.62. The van der Waals surface area contributed by atoms with Gasteiger partial charge in [-0.2, -0.15) is 0 Å². The van der Waals surface area contributed by atoms with E-state index in [0.717, 1.165) is 60.2 Å². The molecule has 1 aromatic carbocycles. The lowest BCUT2D eigenvalue weighted by Gasteiger charge is -2.27. The van der Waals surface area contributed by atoms with E-state index in [1.165, 1.54) is 0 Å². The number of fused-ring (bicyclic) bond motifs is 1. The van der Waals surface area contributed by atoms with E-state index in [9.17, 15) is 0 Å². The number of halogens is 1. The smallest absolute Gasteiger partial charge is 0.147 e. The molecular weight excluding hydrogens is 312 g/mol. The van der Waals surface area contributed by atoms with E-state index in [1.807, 2.05) is 29.1 Å². The van der Waals surface area contributed by atoms with Gasteiger partial charge < -0.3 is 9.30 Å². The van der Waals surface area contributed by atoms with Crippen LogP contribution in [-0.2, 0) is 11.3 Å². The maximum absolute atomic E-state index is 6.51. The van der Waals surface area contributed by atoms with Crippen molar-refractivity contribution in [1.29, 1.82) is 0 Å². The van der Waals surface area contributed by atoms with Crippen LogP contribution in [0.2, 0.25) is 5.02 Å². The summed E-state index contributed by atoms with van der Waals surface area (Å²) in [5.74, 6) is 0. The average Bonchev–Trinajstić information content (AvgIpc) is 3.02. The molecule has 5 nitrogen and oxygen atoms in total. The topological polar surface area (TPSA) is 43.2 Å². The highest BCUT2D eigenvalue weighted by atomic mass is 35.5. The third-order valence-corrected chi connectivity index (χ3v) is 4.51. The van der Waals surface area contributed by atoms with Crippen LogP contribution in [0.4, 0.5) is 0 Å². The van der Waals surface area contributed by atoms with Crippen molar-refractivity contribution in [1.82, 2.24) is 19.4 Å². The third kappa shape index (κ3) is 2.95.